The summed E-state index contributed by atoms with van der Waals surface area (Å²) in [6.07, 6.45) is 14.7. The third-order valence-electron chi connectivity index (χ3n) is 22.0. The lowest BCUT2D eigenvalue weighted by atomic mass is 10.0. The van der Waals surface area contributed by atoms with Crippen molar-refractivity contribution < 1.29 is 125 Å². The molecule has 4 amide bonds. The van der Waals surface area contributed by atoms with Gasteiger partial charge in [0.2, 0.25) is 6.08 Å². The first-order valence-corrected chi connectivity index (χ1v) is 50.6. The molecule has 8 N–H and O–H groups in total. The molecule has 0 atom stereocenters. The van der Waals surface area contributed by atoms with E-state index in [9.17, 15) is 63.6 Å². The number of aromatic hydroxyl groups is 4. The summed E-state index contributed by atoms with van der Waals surface area (Å²) in [7, 11) is 0. The van der Waals surface area contributed by atoms with E-state index < -0.39 is 48.3 Å². The van der Waals surface area contributed by atoms with Crippen LogP contribution >= 0.6 is 58.0 Å². The number of hydrogen-bond acceptors (Lipinski definition) is 31. The normalized spacial score (nSPS) is 14.3. The molecular weight excluding hydrogens is 1920 g/mol. The summed E-state index contributed by atoms with van der Waals surface area (Å²) in [5.41, 5.74) is 5.54. The van der Waals surface area contributed by atoms with E-state index >= 15 is 0 Å². The Morgan fingerprint density at radius 2 is 0.557 bits per heavy atom. The SMILES string of the molecule is C1CCOCC1.O=C(CCCCl)Oc1cc(CCCCc2ccc(OC(=O)CCCCl)c(OC(=O)NCCCl)c2)ccc1OC(=O)NCCCl.O=C(CCCN1CCOCC1)Oc1cc(CCCCc2ccc(OC(=O)CCCN3CCOCC3)c(OC(=O)NCCN3CCOCC3)c2)ccc1OC(=O)NCCN1CCOCC1.O=C=NCCCl.Oc1ccc(CCCCc2ccc(O)c(O)c2)cc1O. The second kappa shape index (κ2) is 71.4. The Morgan fingerprint density at radius 1 is 0.293 bits per heavy atom. The molecule has 5 aliphatic heterocycles. The van der Waals surface area contributed by atoms with Crippen molar-refractivity contribution in [2.75, 3.05) is 207 Å². The molecular formula is C100H136Cl5N9O26. The molecule has 0 radical (unpaired) electrons. The van der Waals surface area contributed by atoms with E-state index in [2.05, 4.69) is 45.9 Å². The first-order chi connectivity index (χ1) is 68.1. The number of alkyl halides is 5. The number of halogens is 5. The summed E-state index contributed by atoms with van der Waals surface area (Å²) < 4.78 is 71.3. The van der Waals surface area contributed by atoms with Crippen molar-refractivity contribution in [3.05, 3.63) is 143 Å². The predicted octanol–water partition coefficient (Wildman–Crippen LogP) is 14.7. The summed E-state index contributed by atoms with van der Waals surface area (Å²) in [6.45, 7) is 18.6. The minimum absolute atomic E-state index is 0.0917. The van der Waals surface area contributed by atoms with E-state index in [0.29, 0.717) is 155 Å². The van der Waals surface area contributed by atoms with E-state index in [0.717, 1.165) is 163 Å². The number of rotatable bonds is 49. The summed E-state index contributed by atoms with van der Waals surface area (Å²) >= 11 is 27.7. The molecule has 772 valence electrons. The molecule has 0 aromatic heterocycles. The zero-order valence-corrected chi connectivity index (χ0v) is 83.5. The molecule has 6 aromatic rings. The first-order valence-electron chi connectivity index (χ1n) is 47.9. The van der Waals surface area contributed by atoms with Gasteiger partial charge in [-0.1, -0.05) is 36.4 Å². The Kier molecular flexibility index (Phi) is 59.6. The standard InChI is InChI=1S/C46H68N6O12.C30H36Cl4N2O8.C16H18O4.C5H10O.C3H4ClNO/c53-43(7-3-15-49-19-27-57-28-20-49)61-39-11-9-38(36-42(39)64-46(56)48-14-18-52-25-33-60-34-26-52)6-2-1-5-37-10-12-40(63-45(55)47-13-17-51-23-31-59-32-24-51)41(35-37)62-44(54)8-4-16-50-21-29-58-30-22-50;31-13-3-7-27(37)41-23-11-9-22(20-26(23)44-30(40)36-18-16-34)6-2-1-5-21-10-12-24(43-29(39)35-17-15-33)25(19-21)42-28(38)8-4-14-32;17-13-7-5-11(9-15(13)19)3-1-2-4-12-6-8-14(18)16(20)10-12;1-2-4-6-5-3-1;4-1-2-5-3-6/h9-12,35-36H,1-8,13-34H2,(H,47,55)(H,48,56);9-12,19-20H,1-8,13-18H2,(H,35,39)(H,36,40);5-10,17-20H,1-4H2;1-5H2;1-2H2. The number of nitrogens with one attached hydrogen (secondary N) is 4. The van der Waals surface area contributed by atoms with Gasteiger partial charge < -0.3 is 103 Å². The topological polar surface area (TPSA) is 428 Å². The Bertz CT molecular complexity index is 4430. The number of ether oxygens (including phenoxy) is 13. The smallest absolute Gasteiger partial charge is 0.412 e. The molecule has 0 bridgehead atoms. The quantitative estimate of drug-likeness (QED) is 0.00334. The molecule has 6 aromatic carbocycles. The van der Waals surface area contributed by atoms with E-state index in [-0.39, 0.29) is 120 Å². The maximum absolute atomic E-state index is 13.1. The number of hydrogen-bond donors (Lipinski definition) is 8. The minimum atomic E-state index is -0.719. The number of aliphatic imine (C=N–C) groups is 1. The van der Waals surface area contributed by atoms with E-state index in [1.54, 1.807) is 84.9 Å². The van der Waals surface area contributed by atoms with Gasteiger partial charge in [0.1, 0.15) is 0 Å². The highest BCUT2D eigenvalue weighted by Gasteiger charge is 2.24. The third-order valence-corrected chi connectivity index (χ3v) is 23.1. The fraction of sp³-hybridized carbons (Fsp3) is 0.550. The van der Waals surface area contributed by atoms with Gasteiger partial charge >= 0.3 is 48.3 Å². The number of phenolic OH excluding ortho intramolecular Hbond substituents is 4. The van der Waals surface area contributed by atoms with Crippen LogP contribution in [0, 0.1) is 0 Å². The summed E-state index contributed by atoms with van der Waals surface area (Å²) in [6, 6.07) is 30.4. The molecule has 5 saturated heterocycles. The highest BCUT2D eigenvalue weighted by molar-refractivity contribution is 6.19. The number of carbonyl (C=O) groups is 8. The van der Waals surface area contributed by atoms with Crippen LogP contribution in [0.4, 0.5) is 19.2 Å². The molecule has 11 rings (SSSR count). The molecule has 0 unspecified atom stereocenters. The van der Waals surface area contributed by atoms with Crippen molar-refractivity contribution >= 4 is 112 Å². The number of nitrogens with zero attached hydrogens (tertiary/aromatic N) is 5. The first kappa shape index (κ1) is 117. The van der Waals surface area contributed by atoms with Gasteiger partial charge in [-0.3, -0.25) is 38.8 Å². The van der Waals surface area contributed by atoms with Crippen LogP contribution in [0.1, 0.15) is 143 Å². The number of aryl methyl sites for hydroxylation is 6. The van der Waals surface area contributed by atoms with Gasteiger partial charge in [0.25, 0.3) is 0 Å². The average molecular weight is 2060 g/mol. The van der Waals surface area contributed by atoms with Crippen molar-refractivity contribution in [2.45, 2.75) is 148 Å². The van der Waals surface area contributed by atoms with Crippen LogP contribution in [0.2, 0.25) is 0 Å². The van der Waals surface area contributed by atoms with Crippen molar-refractivity contribution in [1.29, 1.82) is 0 Å². The lowest BCUT2D eigenvalue weighted by Crippen LogP contribution is -2.41. The van der Waals surface area contributed by atoms with E-state index in [1.165, 1.54) is 37.5 Å². The largest absolute Gasteiger partial charge is 0.504 e. The highest BCUT2D eigenvalue weighted by Crippen LogP contribution is 2.36. The Hall–Kier alpha value is -10.1. The second-order valence-corrected chi connectivity index (χ2v) is 34.8. The van der Waals surface area contributed by atoms with Gasteiger partial charge in [-0.15, -0.1) is 58.0 Å². The lowest BCUT2D eigenvalue weighted by molar-refractivity contribution is -0.135. The van der Waals surface area contributed by atoms with E-state index in [1.807, 2.05) is 12.1 Å². The summed E-state index contributed by atoms with van der Waals surface area (Å²) in [4.78, 5) is 122. The molecule has 5 aliphatic rings. The molecule has 5 heterocycles. The maximum atomic E-state index is 13.1. The number of morpholine rings is 4. The number of phenols is 4. The average Bonchev–Trinajstić information content (AvgIpc) is 0.851. The highest BCUT2D eigenvalue weighted by atomic mass is 35.5. The Morgan fingerprint density at radius 3 is 0.829 bits per heavy atom. The van der Waals surface area contributed by atoms with Crippen molar-refractivity contribution in [2.24, 2.45) is 4.99 Å². The second-order valence-electron chi connectivity index (χ2n) is 32.9. The molecule has 35 nitrogen and oxygen atoms in total. The van der Waals surface area contributed by atoms with Gasteiger partial charge in [0, 0.05) is 160 Å². The molecule has 40 heteroatoms. The van der Waals surface area contributed by atoms with Crippen LogP contribution in [0.3, 0.4) is 0 Å². The number of amides is 4. The molecule has 140 heavy (non-hydrogen) atoms. The van der Waals surface area contributed by atoms with Gasteiger partial charge in [0.05, 0.1) is 59.4 Å². The van der Waals surface area contributed by atoms with Crippen LogP contribution in [0.25, 0.3) is 0 Å². The maximum Gasteiger partial charge on any atom is 0.412 e. The Balaban J connectivity index is 0.000000298. The zero-order valence-electron chi connectivity index (χ0n) is 79.7. The monoisotopic (exact) mass is 2050 g/mol. The van der Waals surface area contributed by atoms with Crippen molar-refractivity contribution in [1.82, 2.24) is 40.9 Å². The van der Waals surface area contributed by atoms with Crippen molar-refractivity contribution in [3.63, 3.8) is 0 Å². The molecule has 0 spiro atoms. The minimum Gasteiger partial charge on any atom is -0.504 e. The fourth-order valence-electron chi connectivity index (χ4n) is 14.5. The predicted molar refractivity (Wildman–Crippen MR) is 531 cm³/mol. The van der Waals surface area contributed by atoms with Crippen LogP contribution in [-0.2, 0) is 86.2 Å². The van der Waals surface area contributed by atoms with Crippen LogP contribution < -0.4 is 59.2 Å². The van der Waals surface area contributed by atoms with Gasteiger partial charge in [-0.2, -0.15) is 0 Å². The molecule has 0 aliphatic carbocycles. The van der Waals surface area contributed by atoms with Crippen LogP contribution in [-0.4, -0.2) is 301 Å². The van der Waals surface area contributed by atoms with Gasteiger partial charge in [0.15, 0.2) is 69.0 Å². The van der Waals surface area contributed by atoms with Crippen LogP contribution in [0.15, 0.2) is 114 Å². The number of carbonyl (C=O) groups excluding carboxylic acids is 9. The summed E-state index contributed by atoms with van der Waals surface area (Å²) in [5, 5.41) is 47.8. The van der Waals surface area contributed by atoms with Crippen molar-refractivity contribution in [3.8, 4) is 69.0 Å². The van der Waals surface area contributed by atoms with Gasteiger partial charge in [-0.25, -0.2) is 29.0 Å². The number of isocyanates is 1. The zero-order chi connectivity index (χ0) is 100. The molecule has 0 saturated carbocycles. The Labute approximate surface area is 844 Å². The molecule has 5 fully saturated rings. The van der Waals surface area contributed by atoms with Crippen LogP contribution in [0.5, 0.6) is 69.0 Å². The summed E-state index contributed by atoms with van der Waals surface area (Å²) in [5.74, 6) is 0.544. The number of benzene rings is 6. The third kappa shape index (κ3) is 50.6. The number of esters is 4. The lowest BCUT2D eigenvalue weighted by Gasteiger charge is -2.26. The number of unbranched alkanes of at least 4 members (excludes halogenated alkanes) is 3. The van der Waals surface area contributed by atoms with E-state index in [4.69, 9.17) is 120 Å². The fourth-order valence-corrected chi connectivity index (χ4v) is 15.0. The van der Waals surface area contributed by atoms with Gasteiger partial charge in [-0.05, 0) is 241 Å².